The predicted molar refractivity (Wildman–Crippen MR) is 136 cm³/mol. The molecule has 0 aliphatic carbocycles. The van der Waals surface area contributed by atoms with Crippen LogP contribution in [-0.2, 0) is 17.8 Å². The quantitative estimate of drug-likeness (QED) is 0.331. The second-order valence-electron chi connectivity index (χ2n) is 8.75. The van der Waals surface area contributed by atoms with E-state index in [1.165, 1.54) is 5.56 Å². The van der Waals surface area contributed by atoms with E-state index < -0.39 is 0 Å². The van der Waals surface area contributed by atoms with Crippen LogP contribution in [0.5, 0.6) is 0 Å². The minimum absolute atomic E-state index is 0.124. The fourth-order valence-corrected chi connectivity index (χ4v) is 6.10. The van der Waals surface area contributed by atoms with Gasteiger partial charge in [-0.2, -0.15) is 0 Å². The van der Waals surface area contributed by atoms with Crippen molar-refractivity contribution in [3.8, 4) is 28.2 Å². The van der Waals surface area contributed by atoms with Gasteiger partial charge in [-0.3, -0.25) is 9.36 Å². The van der Waals surface area contributed by atoms with Crippen LogP contribution in [0.25, 0.3) is 27.4 Å². The smallest absolute Gasteiger partial charge is 0.228 e. The van der Waals surface area contributed by atoms with E-state index >= 15 is 0 Å². The molecular formula is C27H20N6OS. The lowest BCUT2D eigenvalue weighted by Crippen LogP contribution is -2.35. The van der Waals surface area contributed by atoms with Crippen molar-refractivity contribution in [2.24, 2.45) is 0 Å². The van der Waals surface area contributed by atoms with E-state index in [-0.39, 0.29) is 5.91 Å². The number of hydrogen-bond donors (Lipinski definition) is 0. The summed E-state index contributed by atoms with van der Waals surface area (Å²) in [6.07, 6.45) is 1.32. The number of aromatic nitrogens is 5. The Labute approximate surface area is 205 Å². The first-order valence-corrected chi connectivity index (χ1v) is 12.4. The zero-order valence-electron chi connectivity index (χ0n) is 19.0. The van der Waals surface area contributed by atoms with E-state index in [0.29, 0.717) is 19.5 Å². The third-order valence-electron chi connectivity index (χ3n) is 6.64. The molecule has 7 nitrogen and oxygen atoms in total. The number of carbonyl (C=O) groups excluding carboxylic acids is 1. The summed E-state index contributed by atoms with van der Waals surface area (Å²) in [6, 6.07) is 18.3. The van der Waals surface area contributed by atoms with Gasteiger partial charge in [0.1, 0.15) is 16.6 Å². The number of para-hydroxylation sites is 3. The number of benzene rings is 2. The predicted octanol–water partition coefficient (Wildman–Crippen LogP) is 4.35. The first-order valence-electron chi connectivity index (χ1n) is 11.6. The Hall–Kier alpha value is -4.22. The molecule has 0 bridgehead atoms. The van der Waals surface area contributed by atoms with Gasteiger partial charge in [0.05, 0.1) is 34.6 Å². The normalized spacial score (nSPS) is 14.0. The van der Waals surface area contributed by atoms with Crippen molar-refractivity contribution in [1.29, 1.82) is 0 Å². The van der Waals surface area contributed by atoms with Gasteiger partial charge in [0.2, 0.25) is 5.91 Å². The number of hydrogen-bond acceptors (Lipinski definition) is 5. The van der Waals surface area contributed by atoms with Crippen LogP contribution in [-0.4, -0.2) is 36.8 Å². The van der Waals surface area contributed by atoms with Gasteiger partial charge >= 0.3 is 0 Å². The molecule has 5 heterocycles. The summed E-state index contributed by atoms with van der Waals surface area (Å²) in [6.45, 7) is 2.94. The fourth-order valence-electron chi connectivity index (χ4n) is 5.00. The monoisotopic (exact) mass is 476 g/mol. The molecule has 0 saturated heterocycles. The van der Waals surface area contributed by atoms with Crippen LogP contribution in [0.1, 0.15) is 28.5 Å². The Bertz CT molecular complexity index is 1710. The van der Waals surface area contributed by atoms with Crippen LogP contribution < -0.4 is 4.90 Å². The van der Waals surface area contributed by atoms with Crippen LogP contribution in [0.15, 0.2) is 54.6 Å². The van der Waals surface area contributed by atoms with Gasteiger partial charge in [0.15, 0.2) is 5.82 Å². The molecule has 170 valence electrons. The number of aryl methyl sites for hydroxylation is 2. The van der Waals surface area contributed by atoms with Gasteiger partial charge in [-0.05, 0) is 43.2 Å². The summed E-state index contributed by atoms with van der Waals surface area (Å²) in [7, 11) is 0. The van der Waals surface area contributed by atoms with E-state index in [4.69, 9.17) is 4.98 Å². The zero-order chi connectivity index (χ0) is 23.5. The Balaban J connectivity index is 1.31. The van der Waals surface area contributed by atoms with Gasteiger partial charge < -0.3 is 9.47 Å². The molecule has 0 atom stereocenters. The molecule has 2 aliphatic rings. The van der Waals surface area contributed by atoms with Crippen molar-refractivity contribution in [2.75, 3.05) is 11.4 Å². The Morgan fingerprint density at radius 3 is 2.86 bits per heavy atom. The summed E-state index contributed by atoms with van der Waals surface area (Å²) < 4.78 is 4.31. The molecule has 35 heavy (non-hydrogen) atoms. The molecule has 5 aromatic rings. The maximum atomic E-state index is 12.6. The number of imidazole rings is 1. The molecule has 0 unspecified atom stereocenters. The molecule has 0 radical (unpaired) electrons. The average Bonchev–Trinajstić information content (AvgIpc) is 3.54. The molecular weight excluding hydrogens is 456 g/mol. The highest BCUT2D eigenvalue weighted by Gasteiger charge is 2.27. The number of amides is 1. The van der Waals surface area contributed by atoms with Gasteiger partial charge in [0, 0.05) is 12.1 Å². The van der Waals surface area contributed by atoms with E-state index in [1.54, 1.807) is 16.2 Å². The van der Waals surface area contributed by atoms with Gasteiger partial charge in [-0.1, -0.05) is 42.2 Å². The molecule has 2 aromatic carbocycles. The largest absolute Gasteiger partial charge is 0.316 e. The van der Waals surface area contributed by atoms with Crippen molar-refractivity contribution >= 4 is 34.0 Å². The second kappa shape index (κ2) is 7.65. The van der Waals surface area contributed by atoms with E-state index in [0.717, 1.165) is 56.1 Å². The number of fused-ring (bicyclic) bond motifs is 8. The topological polar surface area (TPSA) is 68.8 Å². The lowest BCUT2D eigenvalue weighted by atomic mass is 10.0. The lowest BCUT2D eigenvalue weighted by molar-refractivity contribution is -0.118. The minimum Gasteiger partial charge on any atom is -0.316 e. The number of anilines is 1. The second-order valence-corrected chi connectivity index (χ2v) is 9.78. The number of carbonyl (C=O) groups is 1. The first-order chi connectivity index (χ1) is 17.2. The van der Waals surface area contributed by atoms with Crippen molar-refractivity contribution < 1.29 is 4.79 Å². The molecule has 0 saturated carbocycles. The Kier molecular flexibility index (Phi) is 4.41. The summed E-state index contributed by atoms with van der Waals surface area (Å²) in [5, 5.41) is 9.83. The molecule has 8 heteroatoms. The molecule has 2 aliphatic heterocycles. The van der Waals surface area contributed by atoms with Crippen molar-refractivity contribution in [3.05, 3.63) is 76.7 Å². The molecule has 7 rings (SSSR count). The first kappa shape index (κ1) is 20.2. The maximum Gasteiger partial charge on any atom is 0.228 e. The van der Waals surface area contributed by atoms with Gasteiger partial charge in [-0.15, -0.1) is 21.5 Å². The minimum atomic E-state index is 0.124. The molecule has 0 spiro atoms. The molecule has 3 aromatic heterocycles. The lowest BCUT2D eigenvalue weighted by Gasteiger charge is -2.27. The van der Waals surface area contributed by atoms with Gasteiger partial charge in [0.25, 0.3) is 0 Å². The summed E-state index contributed by atoms with van der Waals surface area (Å²) in [5.74, 6) is 9.31. The van der Waals surface area contributed by atoms with E-state index in [9.17, 15) is 4.79 Å². The SMILES string of the molecule is Cc1nnc2n1-c1sc(C#CCN3C(=O)CCc4ccccc43)cc1-c1nc3ccccc3n1C2. The highest BCUT2D eigenvalue weighted by Crippen LogP contribution is 2.39. The number of thiophene rings is 1. The standard InChI is InChI=1S/C27H20N6OS/c1-17-29-30-24-16-32-23-11-5-3-9-21(23)28-26(32)20-15-19(35-27(20)33(17)24)8-6-14-31-22-10-4-2-7-18(22)12-13-25(31)34/h2-5,7,9-11,15H,12-14,16H2,1H3. The Morgan fingerprint density at radius 1 is 1.06 bits per heavy atom. The highest BCUT2D eigenvalue weighted by molar-refractivity contribution is 7.15. The van der Waals surface area contributed by atoms with Crippen molar-refractivity contribution in [2.45, 2.75) is 26.3 Å². The number of rotatable bonds is 1. The Morgan fingerprint density at radius 2 is 1.91 bits per heavy atom. The van der Waals surface area contributed by atoms with Crippen LogP contribution in [0.2, 0.25) is 0 Å². The third kappa shape index (κ3) is 3.12. The summed E-state index contributed by atoms with van der Waals surface area (Å²) in [4.78, 5) is 20.3. The summed E-state index contributed by atoms with van der Waals surface area (Å²) in [5.41, 5.74) is 5.23. The fraction of sp³-hybridized carbons (Fsp3) is 0.185. The molecule has 0 N–H and O–H groups in total. The zero-order valence-corrected chi connectivity index (χ0v) is 19.8. The van der Waals surface area contributed by atoms with Crippen LogP contribution >= 0.6 is 11.3 Å². The average molecular weight is 477 g/mol. The van der Waals surface area contributed by atoms with E-state index in [2.05, 4.69) is 49.4 Å². The van der Waals surface area contributed by atoms with E-state index in [1.807, 2.05) is 43.3 Å². The molecule has 1 amide bonds. The summed E-state index contributed by atoms with van der Waals surface area (Å²) >= 11 is 1.61. The van der Waals surface area contributed by atoms with Gasteiger partial charge in [-0.25, -0.2) is 4.98 Å². The van der Waals surface area contributed by atoms with Crippen molar-refractivity contribution in [3.63, 3.8) is 0 Å². The van der Waals surface area contributed by atoms with Crippen LogP contribution in [0, 0.1) is 18.8 Å². The van der Waals surface area contributed by atoms with Crippen molar-refractivity contribution in [1.82, 2.24) is 24.3 Å². The maximum absolute atomic E-state index is 12.6. The number of nitrogens with zero attached hydrogens (tertiary/aromatic N) is 6. The molecule has 0 fully saturated rings. The van der Waals surface area contributed by atoms with Crippen LogP contribution in [0.4, 0.5) is 5.69 Å². The van der Waals surface area contributed by atoms with Crippen LogP contribution in [0.3, 0.4) is 0 Å². The highest BCUT2D eigenvalue weighted by atomic mass is 32.1. The third-order valence-corrected chi connectivity index (χ3v) is 7.68.